The van der Waals surface area contributed by atoms with E-state index in [1.807, 2.05) is 11.8 Å². The van der Waals surface area contributed by atoms with Crippen molar-refractivity contribution in [2.45, 2.75) is 32.0 Å². The maximum absolute atomic E-state index is 12.7. The second-order valence-corrected chi connectivity index (χ2v) is 7.07. The molecule has 0 aliphatic carbocycles. The van der Waals surface area contributed by atoms with Crippen molar-refractivity contribution in [3.63, 3.8) is 0 Å². The molecule has 2 saturated heterocycles. The summed E-state index contributed by atoms with van der Waals surface area (Å²) in [6.07, 6.45) is 4.64. The van der Waals surface area contributed by atoms with Gasteiger partial charge in [0.2, 0.25) is 5.91 Å². The van der Waals surface area contributed by atoms with Gasteiger partial charge in [-0.1, -0.05) is 0 Å². The van der Waals surface area contributed by atoms with Crippen LogP contribution in [0.15, 0.2) is 12.4 Å². The highest BCUT2D eigenvalue weighted by Gasteiger charge is 2.40. The predicted octanol–water partition coefficient (Wildman–Crippen LogP) is 0.629. The number of aryl methyl sites for hydroxylation is 1. The summed E-state index contributed by atoms with van der Waals surface area (Å²) in [6, 6.07) is 0. The van der Waals surface area contributed by atoms with Crippen LogP contribution in [0, 0.1) is 6.92 Å². The van der Waals surface area contributed by atoms with Crippen molar-refractivity contribution in [1.82, 2.24) is 19.8 Å². The lowest BCUT2D eigenvalue weighted by molar-refractivity contribution is -0.187. The molecule has 154 valence electrons. The molecule has 0 atom stereocenters. The summed E-state index contributed by atoms with van der Waals surface area (Å²) in [4.78, 5) is 37.0. The molecule has 0 saturated carbocycles. The van der Waals surface area contributed by atoms with Crippen molar-refractivity contribution < 1.29 is 23.8 Å². The van der Waals surface area contributed by atoms with Crippen molar-refractivity contribution in [3.8, 4) is 0 Å². The largest absolute Gasteiger partial charge is 0.383 e. The number of hydrogen-bond donors (Lipinski definition) is 0. The van der Waals surface area contributed by atoms with Crippen LogP contribution in [0.3, 0.4) is 0 Å². The molecular weight excluding hydrogens is 364 g/mol. The Balaban J connectivity index is 1.53. The summed E-state index contributed by atoms with van der Waals surface area (Å²) in [5.41, 5.74) is 1.01. The Morgan fingerprint density at radius 2 is 1.89 bits per heavy atom. The van der Waals surface area contributed by atoms with Crippen LogP contribution in [0.4, 0.5) is 0 Å². The molecule has 0 radical (unpaired) electrons. The number of hydrogen-bond acceptors (Lipinski definition) is 7. The van der Waals surface area contributed by atoms with E-state index in [1.54, 1.807) is 18.2 Å². The van der Waals surface area contributed by atoms with Crippen LogP contribution >= 0.6 is 0 Å². The number of ether oxygens (including phenoxy) is 3. The lowest BCUT2D eigenvalue weighted by atomic mass is 10.0. The number of carbonyl (C=O) groups is 2. The van der Waals surface area contributed by atoms with Gasteiger partial charge in [-0.05, 0) is 6.92 Å². The Bertz CT molecular complexity index is 665. The van der Waals surface area contributed by atoms with Crippen LogP contribution in [0.25, 0.3) is 0 Å². The highest BCUT2D eigenvalue weighted by Crippen LogP contribution is 2.31. The lowest BCUT2D eigenvalue weighted by Crippen LogP contribution is -2.48. The summed E-state index contributed by atoms with van der Waals surface area (Å²) in [5.74, 6) is -0.720. The van der Waals surface area contributed by atoms with Crippen LogP contribution in [0.5, 0.6) is 0 Å². The van der Waals surface area contributed by atoms with Crippen LogP contribution in [-0.2, 0) is 19.0 Å². The van der Waals surface area contributed by atoms with Gasteiger partial charge < -0.3 is 24.0 Å². The van der Waals surface area contributed by atoms with E-state index < -0.39 is 5.79 Å². The normalized spacial score (nSPS) is 18.4. The molecule has 0 unspecified atom stereocenters. The molecule has 0 aromatic carbocycles. The Labute approximate surface area is 165 Å². The zero-order valence-corrected chi connectivity index (χ0v) is 16.6. The number of nitrogens with zero attached hydrogens (tertiary/aromatic N) is 4. The van der Waals surface area contributed by atoms with E-state index in [0.29, 0.717) is 58.8 Å². The van der Waals surface area contributed by atoms with E-state index in [4.69, 9.17) is 14.2 Å². The third kappa shape index (κ3) is 5.03. The first-order valence-electron chi connectivity index (χ1n) is 9.65. The van der Waals surface area contributed by atoms with Crippen LogP contribution in [0.2, 0.25) is 0 Å². The highest BCUT2D eigenvalue weighted by atomic mass is 16.7. The Morgan fingerprint density at radius 1 is 1.18 bits per heavy atom. The first-order chi connectivity index (χ1) is 13.5. The number of aromatic nitrogens is 2. The minimum atomic E-state index is -0.499. The fraction of sp³-hybridized carbons (Fsp3) is 0.684. The minimum Gasteiger partial charge on any atom is -0.383 e. The number of carbonyl (C=O) groups excluding carboxylic acids is 2. The van der Waals surface area contributed by atoms with Crippen molar-refractivity contribution in [3.05, 3.63) is 23.8 Å². The number of amides is 2. The van der Waals surface area contributed by atoms with E-state index >= 15 is 0 Å². The summed E-state index contributed by atoms with van der Waals surface area (Å²) >= 11 is 0. The highest BCUT2D eigenvalue weighted by molar-refractivity contribution is 5.92. The lowest BCUT2D eigenvalue weighted by Gasteiger charge is -2.37. The molecule has 9 nitrogen and oxygen atoms in total. The Hall–Kier alpha value is -2.10. The number of piperidine rings is 1. The standard InChI is InChI=1S/C19H28N4O5/c1-15-13-21-16(14-20-15)18(25)23(9-10-26-2)6-3-17(24)22-7-4-19(5-8-22)27-11-12-28-19/h13-14H,3-12H2,1-2H3. The Kier molecular flexibility index (Phi) is 6.93. The van der Waals surface area contributed by atoms with E-state index in [0.717, 1.165) is 5.69 Å². The van der Waals surface area contributed by atoms with Gasteiger partial charge in [-0.15, -0.1) is 0 Å². The Morgan fingerprint density at radius 3 is 2.50 bits per heavy atom. The van der Waals surface area contributed by atoms with Crippen LogP contribution in [0.1, 0.15) is 35.4 Å². The van der Waals surface area contributed by atoms with E-state index in [9.17, 15) is 9.59 Å². The topological polar surface area (TPSA) is 94.1 Å². The number of methoxy groups -OCH3 is 1. The van der Waals surface area contributed by atoms with Gasteiger partial charge in [0.05, 0.1) is 31.7 Å². The molecule has 3 rings (SSSR count). The van der Waals surface area contributed by atoms with E-state index in [-0.39, 0.29) is 23.9 Å². The predicted molar refractivity (Wildman–Crippen MR) is 99.6 cm³/mol. The second kappa shape index (κ2) is 9.40. The first-order valence-corrected chi connectivity index (χ1v) is 9.65. The van der Waals surface area contributed by atoms with Gasteiger partial charge in [-0.25, -0.2) is 4.98 Å². The summed E-state index contributed by atoms with van der Waals surface area (Å²) in [6.45, 7) is 5.35. The average Bonchev–Trinajstić information content (AvgIpc) is 3.16. The first kappa shape index (κ1) is 20.6. The molecule has 3 heterocycles. The molecule has 1 spiro atoms. The third-order valence-corrected chi connectivity index (χ3v) is 5.14. The van der Waals surface area contributed by atoms with Crippen molar-refractivity contribution >= 4 is 11.8 Å². The monoisotopic (exact) mass is 392 g/mol. The minimum absolute atomic E-state index is 0.0260. The van der Waals surface area contributed by atoms with Gasteiger partial charge in [0, 0.05) is 58.7 Å². The van der Waals surface area contributed by atoms with Gasteiger partial charge in [0.15, 0.2) is 5.79 Å². The molecule has 2 fully saturated rings. The van der Waals surface area contributed by atoms with Gasteiger partial charge in [0.1, 0.15) is 5.69 Å². The summed E-state index contributed by atoms with van der Waals surface area (Å²) in [7, 11) is 1.58. The molecule has 0 N–H and O–H groups in total. The second-order valence-electron chi connectivity index (χ2n) is 7.07. The quantitative estimate of drug-likeness (QED) is 0.672. The molecule has 28 heavy (non-hydrogen) atoms. The van der Waals surface area contributed by atoms with Gasteiger partial charge in [0.25, 0.3) is 5.91 Å². The molecule has 1 aromatic rings. The molecular formula is C19H28N4O5. The molecule has 2 aliphatic heterocycles. The summed E-state index contributed by atoms with van der Waals surface area (Å²) < 4.78 is 16.5. The van der Waals surface area contributed by atoms with Crippen molar-refractivity contribution in [1.29, 1.82) is 0 Å². The summed E-state index contributed by atoms with van der Waals surface area (Å²) in [5, 5.41) is 0. The number of likely N-dealkylation sites (tertiary alicyclic amines) is 1. The average molecular weight is 392 g/mol. The SMILES string of the molecule is COCCN(CCC(=O)N1CCC2(CC1)OCCO2)C(=O)c1cnc(C)cn1. The van der Waals surface area contributed by atoms with Gasteiger partial charge in [-0.3, -0.25) is 14.6 Å². The number of rotatable bonds is 7. The third-order valence-electron chi connectivity index (χ3n) is 5.14. The zero-order valence-electron chi connectivity index (χ0n) is 16.6. The van der Waals surface area contributed by atoms with Crippen molar-refractivity contribution in [2.24, 2.45) is 0 Å². The van der Waals surface area contributed by atoms with E-state index in [1.165, 1.54) is 6.20 Å². The van der Waals surface area contributed by atoms with Crippen LogP contribution < -0.4 is 0 Å². The maximum Gasteiger partial charge on any atom is 0.274 e. The molecule has 2 aliphatic rings. The zero-order chi connectivity index (χ0) is 20.0. The maximum atomic E-state index is 12.7. The van der Waals surface area contributed by atoms with Crippen molar-refractivity contribution in [2.75, 3.05) is 53.1 Å². The van der Waals surface area contributed by atoms with Gasteiger partial charge >= 0.3 is 0 Å². The molecule has 0 bridgehead atoms. The molecule has 9 heteroatoms. The van der Waals surface area contributed by atoms with E-state index in [2.05, 4.69) is 9.97 Å². The van der Waals surface area contributed by atoms with Gasteiger partial charge in [-0.2, -0.15) is 0 Å². The molecule has 2 amide bonds. The fourth-order valence-electron chi connectivity index (χ4n) is 3.45. The van der Waals surface area contributed by atoms with Crippen LogP contribution in [-0.4, -0.2) is 90.5 Å². The smallest absolute Gasteiger partial charge is 0.274 e. The molecule has 1 aromatic heterocycles. The fourth-order valence-corrected chi connectivity index (χ4v) is 3.45.